The van der Waals surface area contributed by atoms with Crippen molar-refractivity contribution in [3.8, 4) is 17.6 Å². The summed E-state index contributed by atoms with van der Waals surface area (Å²) in [4.78, 5) is 35.5. The van der Waals surface area contributed by atoms with Gasteiger partial charge in [0.2, 0.25) is 5.95 Å². The summed E-state index contributed by atoms with van der Waals surface area (Å²) in [6.45, 7) is 5.12. The first-order valence-corrected chi connectivity index (χ1v) is 11.6. The molecule has 37 heavy (non-hydrogen) atoms. The zero-order valence-corrected chi connectivity index (χ0v) is 20.7. The van der Waals surface area contributed by atoms with Gasteiger partial charge in [0.15, 0.2) is 11.5 Å². The predicted octanol–water partition coefficient (Wildman–Crippen LogP) is 2.32. The second kappa shape index (κ2) is 10.9. The van der Waals surface area contributed by atoms with E-state index in [4.69, 9.17) is 20.5 Å². The lowest BCUT2D eigenvalue weighted by molar-refractivity contribution is -0.128. The number of rotatable bonds is 9. The summed E-state index contributed by atoms with van der Waals surface area (Å²) in [6, 6.07) is 7.02. The van der Waals surface area contributed by atoms with Gasteiger partial charge in [-0.05, 0) is 18.8 Å². The summed E-state index contributed by atoms with van der Waals surface area (Å²) in [7, 11) is 3.08. The number of primary amides is 1. The minimum Gasteiger partial charge on any atom is -0.497 e. The molecule has 1 aliphatic rings. The molecule has 1 atom stereocenters. The van der Waals surface area contributed by atoms with E-state index in [-0.39, 0.29) is 28.8 Å². The highest BCUT2D eigenvalue weighted by Crippen LogP contribution is 2.30. The Morgan fingerprint density at radius 3 is 2.65 bits per heavy atom. The standard InChI is InChI=1S/C25H28N8O4/c1-15(12-26)24(35)32-7-4-5-16(14-32)13-29-25-31-22(20(21(27)34)23-28-6-8-33(23)25)30-17-9-18(36-2)11-19(10-17)37-3/h6,8-11,16,30H,1,4-5,7,13-14H2,2-3H3,(H2,27,34)(H,29,31). The molecule has 0 bridgehead atoms. The van der Waals surface area contributed by atoms with Gasteiger partial charge in [-0.3, -0.25) is 14.0 Å². The number of hydrogen-bond donors (Lipinski definition) is 3. The van der Waals surface area contributed by atoms with E-state index in [1.165, 1.54) is 0 Å². The molecule has 0 saturated carbocycles. The minimum atomic E-state index is -0.688. The summed E-state index contributed by atoms with van der Waals surface area (Å²) < 4.78 is 12.3. The molecule has 0 spiro atoms. The number of hydrogen-bond acceptors (Lipinski definition) is 9. The lowest BCUT2D eigenvalue weighted by Gasteiger charge is -2.32. The van der Waals surface area contributed by atoms with Crippen molar-refractivity contribution in [2.75, 3.05) is 44.5 Å². The number of nitrogens with one attached hydrogen (secondary N) is 2. The zero-order valence-electron chi connectivity index (χ0n) is 20.7. The van der Waals surface area contributed by atoms with Gasteiger partial charge in [-0.1, -0.05) is 6.58 Å². The lowest BCUT2D eigenvalue weighted by Crippen LogP contribution is -2.42. The van der Waals surface area contributed by atoms with Crippen LogP contribution in [0.3, 0.4) is 0 Å². The number of carbonyl (C=O) groups excluding carboxylic acids is 2. The molecule has 3 heterocycles. The van der Waals surface area contributed by atoms with E-state index in [1.54, 1.807) is 54.1 Å². The molecule has 2 amide bonds. The molecule has 1 unspecified atom stereocenters. The molecule has 2 aromatic heterocycles. The third kappa shape index (κ3) is 5.40. The van der Waals surface area contributed by atoms with Gasteiger partial charge in [-0.25, -0.2) is 4.98 Å². The van der Waals surface area contributed by atoms with Gasteiger partial charge in [0.05, 0.1) is 14.2 Å². The van der Waals surface area contributed by atoms with Crippen LogP contribution in [-0.4, -0.2) is 64.9 Å². The number of piperidine rings is 1. The molecule has 1 saturated heterocycles. The van der Waals surface area contributed by atoms with Crippen molar-refractivity contribution < 1.29 is 19.1 Å². The molecule has 12 nitrogen and oxygen atoms in total. The lowest BCUT2D eigenvalue weighted by atomic mass is 9.97. The first-order valence-electron chi connectivity index (χ1n) is 11.6. The smallest absolute Gasteiger partial charge is 0.263 e. The largest absolute Gasteiger partial charge is 0.497 e. The highest BCUT2D eigenvalue weighted by molar-refractivity contribution is 6.04. The van der Waals surface area contributed by atoms with Crippen LogP contribution in [-0.2, 0) is 4.79 Å². The molecule has 3 aromatic rings. The van der Waals surface area contributed by atoms with Crippen LogP contribution >= 0.6 is 0 Å². The average Bonchev–Trinajstić information content (AvgIpc) is 3.40. The second-order valence-electron chi connectivity index (χ2n) is 8.60. The fourth-order valence-corrected chi connectivity index (χ4v) is 4.33. The molecule has 0 aliphatic carbocycles. The summed E-state index contributed by atoms with van der Waals surface area (Å²) in [6.07, 6.45) is 4.96. The number of methoxy groups -OCH3 is 2. The second-order valence-corrected chi connectivity index (χ2v) is 8.60. The van der Waals surface area contributed by atoms with Gasteiger partial charge < -0.3 is 30.7 Å². The number of benzene rings is 1. The molecule has 192 valence electrons. The van der Waals surface area contributed by atoms with Crippen LogP contribution in [0.4, 0.5) is 17.5 Å². The van der Waals surface area contributed by atoms with Crippen LogP contribution in [0.2, 0.25) is 0 Å². The Hall–Kier alpha value is -4.79. The van der Waals surface area contributed by atoms with Gasteiger partial charge in [-0.15, -0.1) is 0 Å². The Morgan fingerprint density at radius 1 is 1.27 bits per heavy atom. The number of nitrogens with zero attached hydrogens (tertiary/aromatic N) is 5. The third-order valence-corrected chi connectivity index (χ3v) is 6.16. The van der Waals surface area contributed by atoms with E-state index in [9.17, 15) is 9.59 Å². The fourth-order valence-electron chi connectivity index (χ4n) is 4.33. The van der Waals surface area contributed by atoms with Crippen molar-refractivity contribution in [2.45, 2.75) is 12.8 Å². The summed E-state index contributed by atoms with van der Waals surface area (Å²) in [5.74, 6) is 0.866. The first-order chi connectivity index (χ1) is 17.8. The molecule has 1 fully saturated rings. The molecular weight excluding hydrogens is 476 g/mol. The Bertz CT molecular complexity index is 1370. The monoisotopic (exact) mass is 504 g/mol. The van der Waals surface area contributed by atoms with Crippen LogP contribution in [0, 0.1) is 17.2 Å². The van der Waals surface area contributed by atoms with E-state index < -0.39 is 5.91 Å². The van der Waals surface area contributed by atoms with Crippen molar-refractivity contribution >= 4 is 34.9 Å². The van der Waals surface area contributed by atoms with Crippen LogP contribution in [0.25, 0.3) is 5.65 Å². The van der Waals surface area contributed by atoms with E-state index in [1.807, 2.05) is 6.07 Å². The van der Waals surface area contributed by atoms with Crippen LogP contribution in [0.5, 0.6) is 11.5 Å². The number of anilines is 3. The highest BCUT2D eigenvalue weighted by atomic mass is 16.5. The van der Waals surface area contributed by atoms with Crippen LogP contribution < -0.4 is 25.8 Å². The molecule has 4 N–H and O–H groups in total. The molecule has 1 aliphatic heterocycles. The minimum absolute atomic E-state index is 0.0673. The predicted molar refractivity (Wildman–Crippen MR) is 137 cm³/mol. The van der Waals surface area contributed by atoms with Crippen molar-refractivity contribution in [3.63, 3.8) is 0 Å². The van der Waals surface area contributed by atoms with Gasteiger partial charge in [0, 0.05) is 55.9 Å². The molecule has 4 rings (SSSR count). The van der Waals surface area contributed by atoms with Crippen molar-refractivity contribution in [1.29, 1.82) is 5.26 Å². The number of nitriles is 1. The number of aromatic nitrogens is 3. The van der Waals surface area contributed by atoms with Gasteiger partial charge in [-0.2, -0.15) is 10.2 Å². The Morgan fingerprint density at radius 2 is 2.00 bits per heavy atom. The first kappa shape index (κ1) is 25.3. The van der Waals surface area contributed by atoms with E-state index >= 15 is 0 Å². The van der Waals surface area contributed by atoms with Crippen molar-refractivity contribution in [3.05, 3.63) is 48.3 Å². The highest BCUT2D eigenvalue weighted by Gasteiger charge is 2.26. The summed E-state index contributed by atoms with van der Waals surface area (Å²) in [5.41, 5.74) is 6.69. The normalized spacial score (nSPS) is 15.1. The molecule has 0 radical (unpaired) electrons. The van der Waals surface area contributed by atoms with E-state index in [0.717, 1.165) is 12.8 Å². The number of imidazole rings is 1. The van der Waals surface area contributed by atoms with Gasteiger partial charge >= 0.3 is 0 Å². The molecule has 12 heteroatoms. The van der Waals surface area contributed by atoms with Gasteiger partial charge in [0.1, 0.15) is 28.7 Å². The number of amides is 2. The maximum atomic E-state index is 12.4. The van der Waals surface area contributed by atoms with Crippen molar-refractivity contribution in [1.82, 2.24) is 19.3 Å². The SMILES string of the molecule is C=C(C#N)C(=O)N1CCCC(CNc2nc(Nc3cc(OC)cc(OC)c3)c(C(N)=O)c3nccn23)C1. The topological polar surface area (TPSA) is 160 Å². The van der Waals surface area contributed by atoms with Crippen LogP contribution in [0.1, 0.15) is 23.2 Å². The average molecular weight is 505 g/mol. The number of nitrogens with two attached hydrogens (primary N) is 1. The zero-order chi connectivity index (χ0) is 26.5. The van der Waals surface area contributed by atoms with Gasteiger partial charge in [0.25, 0.3) is 11.8 Å². The maximum Gasteiger partial charge on any atom is 0.263 e. The number of fused-ring (bicyclic) bond motifs is 1. The number of likely N-dealkylation sites (tertiary alicyclic amines) is 1. The Balaban J connectivity index is 1.62. The Labute approximate surface area is 213 Å². The molecule has 1 aromatic carbocycles. The third-order valence-electron chi connectivity index (χ3n) is 6.16. The Kier molecular flexibility index (Phi) is 7.43. The number of ether oxygens (including phenoxy) is 2. The maximum absolute atomic E-state index is 12.4. The quantitative estimate of drug-likeness (QED) is 0.293. The fraction of sp³-hybridized carbons (Fsp3) is 0.320. The summed E-state index contributed by atoms with van der Waals surface area (Å²) >= 11 is 0. The van der Waals surface area contributed by atoms with E-state index in [2.05, 4.69) is 27.2 Å². The van der Waals surface area contributed by atoms with Crippen molar-refractivity contribution in [2.24, 2.45) is 11.7 Å². The summed E-state index contributed by atoms with van der Waals surface area (Å²) in [5, 5.41) is 15.5. The number of carbonyl (C=O) groups is 2. The molecular formula is C25H28N8O4. The van der Waals surface area contributed by atoms with Crippen LogP contribution in [0.15, 0.2) is 42.7 Å². The van der Waals surface area contributed by atoms with E-state index in [0.29, 0.717) is 48.4 Å².